The van der Waals surface area contributed by atoms with Gasteiger partial charge in [0, 0.05) is 30.3 Å². The normalized spacial score (nSPS) is 10.1. The molecule has 0 spiro atoms. The van der Waals surface area contributed by atoms with Crippen LogP contribution in [0.1, 0.15) is 24.8 Å². The Balaban J connectivity index is 2.65. The van der Waals surface area contributed by atoms with Crippen molar-refractivity contribution in [3.63, 3.8) is 0 Å². The molecule has 0 fully saturated rings. The number of unbranched alkanes of at least 4 members (excludes halogenated alkanes) is 1. The molecule has 0 aliphatic rings. The number of nitro benzene ring substituents is 1. The second kappa shape index (κ2) is 6.70. The minimum atomic E-state index is -0.475. The zero-order valence-corrected chi connectivity index (χ0v) is 10.2. The molecule has 0 radical (unpaired) electrons. The van der Waals surface area contributed by atoms with Crippen molar-refractivity contribution in [2.24, 2.45) is 0 Å². The van der Waals surface area contributed by atoms with Crippen LogP contribution in [0.25, 0.3) is 0 Å². The van der Waals surface area contributed by atoms with Gasteiger partial charge in [-0.2, -0.15) is 0 Å². The number of benzene rings is 1. The molecule has 0 aromatic heterocycles. The molecule has 1 rings (SSSR count). The van der Waals surface area contributed by atoms with Crippen LogP contribution < -0.4 is 5.32 Å². The molecule has 98 valence electrons. The van der Waals surface area contributed by atoms with E-state index in [0.29, 0.717) is 30.5 Å². The highest BCUT2D eigenvalue weighted by Crippen LogP contribution is 2.22. The lowest BCUT2D eigenvalue weighted by molar-refractivity contribution is -0.385. The number of nitro groups is 1. The van der Waals surface area contributed by atoms with Crippen molar-refractivity contribution in [2.45, 2.75) is 26.2 Å². The van der Waals surface area contributed by atoms with Crippen LogP contribution in [0.3, 0.4) is 0 Å². The van der Waals surface area contributed by atoms with Gasteiger partial charge in [0.25, 0.3) is 5.69 Å². The number of carbonyl (C=O) groups excluding carboxylic acids is 1. The van der Waals surface area contributed by atoms with E-state index in [1.54, 1.807) is 19.1 Å². The van der Waals surface area contributed by atoms with Gasteiger partial charge in [0.2, 0.25) is 5.91 Å². The van der Waals surface area contributed by atoms with Gasteiger partial charge in [0.05, 0.1) is 4.92 Å². The Bertz CT molecular complexity index is 446. The van der Waals surface area contributed by atoms with E-state index in [9.17, 15) is 14.9 Å². The molecule has 0 aliphatic heterocycles. The number of hydrogen-bond acceptors (Lipinski definition) is 4. The molecule has 2 N–H and O–H groups in total. The summed E-state index contributed by atoms with van der Waals surface area (Å²) in [5.41, 5.74) is 0.961. The van der Waals surface area contributed by atoms with Crippen LogP contribution in [0.4, 0.5) is 11.4 Å². The minimum absolute atomic E-state index is 0.0110. The van der Waals surface area contributed by atoms with Gasteiger partial charge in [0.1, 0.15) is 0 Å². The summed E-state index contributed by atoms with van der Waals surface area (Å²) >= 11 is 0. The highest BCUT2D eigenvalue weighted by Gasteiger charge is 2.12. The van der Waals surface area contributed by atoms with Crippen LogP contribution in [-0.2, 0) is 4.79 Å². The van der Waals surface area contributed by atoms with Gasteiger partial charge >= 0.3 is 0 Å². The number of aliphatic hydroxyl groups is 1. The summed E-state index contributed by atoms with van der Waals surface area (Å²) in [4.78, 5) is 21.8. The Morgan fingerprint density at radius 1 is 1.44 bits per heavy atom. The second-order valence-electron chi connectivity index (χ2n) is 3.99. The van der Waals surface area contributed by atoms with E-state index in [0.717, 1.165) is 0 Å². The smallest absolute Gasteiger partial charge is 0.274 e. The summed E-state index contributed by atoms with van der Waals surface area (Å²) in [6.45, 7) is 1.70. The Hall–Kier alpha value is -1.95. The predicted molar refractivity (Wildman–Crippen MR) is 67.4 cm³/mol. The maximum Gasteiger partial charge on any atom is 0.274 e. The number of nitrogens with one attached hydrogen (secondary N) is 1. The quantitative estimate of drug-likeness (QED) is 0.460. The molecule has 1 aromatic rings. The van der Waals surface area contributed by atoms with Gasteiger partial charge in [0.15, 0.2) is 0 Å². The molecular formula is C12H16N2O4. The zero-order chi connectivity index (χ0) is 13.5. The van der Waals surface area contributed by atoms with Gasteiger partial charge in [-0.3, -0.25) is 14.9 Å². The van der Waals surface area contributed by atoms with Crippen LogP contribution >= 0.6 is 0 Å². The van der Waals surface area contributed by atoms with Crippen LogP contribution in [-0.4, -0.2) is 22.5 Å². The molecule has 6 nitrogen and oxygen atoms in total. The highest BCUT2D eigenvalue weighted by molar-refractivity contribution is 5.91. The van der Waals surface area contributed by atoms with E-state index in [-0.39, 0.29) is 18.2 Å². The monoisotopic (exact) mass is 252 g/mol. The Kier molecular flexibility index (Phi) is 5.26. The van der Waals surface area contributed by atoms with Crippen molar-refractivity contribution < 1.29 is 14.8 Å². The molecule has 0 atom stereocenters. The predicted octanol–water partition coefficient (Wildman–Crippen LogP) is 2.00. The van der Waals surface area contributed by atoms with Crippen LogP contribution in [0, 0.1) is 17.0 Å². The first-order chi connectivity index (χ1) is 8.54. The summed E-state index contributed by atoms with van der Waals surface area (Å²) in [5.74, 6) is -0.207. The second-order valence-corrected chi connectivity index (χ2v) is 3.99. The Morgan fingerprint density at radius 2 is 2.17 bits per heavy atom. The fourth-order valence-corrected chi connectivity index (χ4v) is 1.50. The van der Waals surface area contributed by atoms with E-state index < -0.39 is 4.92 Å². The first-order valence-corrected chi connectivity index (χ1v) is 5.70. The number of hydrogen-bond donors (Lipinski definition) is 2. The lowest BCUT2D eigenvalue weighted by Gasteiger charge is -2.05. The summed E-state index contributed by atoms with van der Waals surface area (Å²) in [6, 6.07) is 4.58. The molecule has 1 amide bonds. The highest BCUT2D eigenvalue weighted by atomic mass is 16.6. The van der Waals surface area contributed by atoms with E-state index in [1.165, 1.54) is 6.07 Å². The maximum absolute atomic E-state index is 11.5. The molecule has 1 aromatic carbocycles. The van der Waals surface area contributed by atoms with E-state index in [2.05, 4.69) is 5.32 Å². The lowest BCUT2D eigenvalue weighted by atomic mass is 10.1. The van der Waals surface area contributed by atoms with Gasteiger partial charge in [-0.15, -0.1) is 0 Å². The number of aryl methyl sites for hydroxylation is 1. The van der Waals surface area contributed by atoms with Crippen LogP contribution in [0.15, 0.2) is 18.2 Å². The van der Waals surface area contributed by atoms with Crippen molar-refractivity contribution in [3.05, 3.63) is 33.9 Å². The first-order valence-electron chi connectivity index (χ1n) is 5.70. The first kappa shape index (κ1) is 14.1. The van der Waals surface area contributed by atoms with E-state index in [4.69, 9.17) is 5.11 Å². The van der Waals surface area contributed by atoms with Crippen LogP contribution in [0.2, 0.25) is 0 Å². The van der Waals surface area contributed by atoms with Crippen molar-refractivity contribution in [2.75, 3.05) is 11.9 Å². The largest absolute Gasteiger partial charge is 0.396 e. The molecule has 0 unspecified atom stereocenters. The maximum atomic E-state index is 11.5. The summed E-state index contributed by atoms with van der Waals surface area (Å²) < 4.78 is 0. The average Bonchev–Trinajstić information content (AvgIpc) is 2.31. The number of carbonyl (C=O) groups is 1. The third-order valence-electron chi connectivity index (χ3n) is 2.50. The SMILES string of the molecule is Cc1ccc(NC(=O)CCCCO)cc1[N+](=O)[O-]. The molecular weight excluding hydrogens is 236 g/mol. The van der Waals surface area contributed by atoms with Gasteiger partial charge < -0.3 is 10.4 Å². The number of aliphatic hydroxyl groups excluding tert-OH is 1. The lowest BCUT2D eigenvalue weighted by Crippen LogP contribution is -2.11. The molecule has 0 saturated carbocycles. The standard InChI is InChI=1S/C12H16N2O4/c1-9-5-6-10(8-11(9)14(17)18)13-12(16)4-2-3-7-15/h5-6,8,15H,2-4,7H2,1H3,(H,13,16). The molecule has 0 heterocycles. The van der Waals surface area contributed by atoms with Gasteiger partial charge in [-0.1, -0.05) is 6.07 Å². The molecule has 0 bridgehead atoms. The van der Waals surface area contributed by atoms with Gasteiger partial charge in [-0.25, -0.2) is 0 Å². The fraction of sp³-hybridized carbons (Fsp3) is 0.417. The molecule has 0 saturated heterocycles. The third kappa shape index (κ3) is 4.14. The fourth-order valence-electron chi connectivity index (χ4n) is 1.50. The molecule has 6 heteroatoms. The summed E-state index contributed by atoms with van der Waals surface area (Å²) in [6.07, 6.45) is 1.46. The summed E-state index contributed by atoms with van der Waals surface area (Å²) in [5, 5.41) is 21.9. The number of rotatable bonds is 6. The Morgan fingerprint density at radius 3 is 2.78 bits per heavy atom. The van der Waals surface area contributed by atoms with E-state index >= 15 is 0 Å². The van der Waals surface area contributed by atoms with Crippen LogP contribution in [0.5, 0.6) is 0 Å². The molecule has 0 aliphatic carbocycles. The number of anilines is 1. The zero-order valence-electron chi connectivity index (χ0n) is 10.2. The van der Waals surface area contributed by atoms with Crippen molar-refractivity contribution >= 4 is 17.3 Å². The summed E-state index contributed by atoms with van der Waals surface area (Å²) in [7, 11) is 0. The van der Waals surface area contributed by atoms with Gasteiger partial charge in [-0.05, 0) is 25.8 Å². The number of amides is 1. The van der Waals surface area contributed by atoms with E-state index in [1.807, 2.05) is 0 Å². The van der Waals surface area contributed by atoms with Crippen molar-refractivity contribution in [1.82, 2.24) is 0 Å². The van der Waals surface area contributed by atoms with Crippen molar-refractivity contribution in [3.8, 4) is 0 Å². The topological polar surface area (TPSA) is 92.5 Å². The molecule has 18 heavy (non-hydrogen) atoms. The minimum Gasteiger partial charge on any atom is -0.396 e. The number of nitrogens with zero attached hydrogens (tertiary/aromatic N) is 1. The average molecular weight is 252 g/mol. The third-order valence-corrected chi connectivity index (χ3v) is 2.50. The Labute approximate surface area is 105 Å². The van der Waals surface area contributed by atoms with Crippen molar-refractivity contribution in [1.29, 1.82) is 0 Å².